The Morgan fingerprint density at radius 2 is 1.94 bits per heavy atom. The van der Waals surface area contributed by atoms with E-state index in [1.54, 1.807) is 50.2 Å². The number of nitrogens with zero attached hydrogens (tertiary/aromatic N) is 2. The number of aromatic nitrogens is 1. The number of benzene rings is 1. The molecule has 9 heteroatoms. The number of furan rings is 1. The molecular weight excluding hydrogens is 432 g/mol. The molecule has 1 atom stereocenters. The second kappa shape index (κ2) is 8.43. The van der Waals surface area contributed by atoms with Crippen LogP contribution in [0.4, 0.5) is 5.13 Å². The van der Waals surface area contributed by atoms with Crippen molar-refractivity contribution in [2.24, 2.45) is 0 Å². The molecular formula is C23H20N2O6S. The molecule has 0 radical (unpaired) electrons. The molecule has 1 N–H and O–H groups in total. The Kier molecular flexibility index (Phi) is 5.67. The fourth-order valence-corrected chi connectivity index (χ4v) is 4.47. The molecule has 8 nitrogen and oxygen atoms in total. The number of thiazole rings is 1. The smallest absolute Gasteiger partial charge is 0.350 e. The van der Waals surface area contributed by atoms with E-state index in [0.29, 0.717) is 11.3 Å². The Hall–Kier alpha value is -3.72. The van der Waals surface area contributed by atoms with Crippen molar-refractivity contribution < 1.29 is 28.6 Å². The molecule has 1 aromatic carbocycles. The first-order chi connectivity index (χ1) is 15.3. The van der Waals surface area contributed by atoms with Crippen LogP contribution in [0.1, 0.15) is 45.2 Å². The maximum atomic E-state index is 13.1. The van der Waals surface area contributed by atoms with Crippen molar-refractivity contribution in [3.05, 3.63) is 75.7 Å². The number of aliphatic hydroxyl groups excluding tert-OH is 1. The third-order valence-corrected chi connectivity index (χ3v) is 6.17. The van der Waals surface area contributed by atoms with Crippen molar-refractivity contribution in [3.63, 3.8) is 0 Å². The quantitative estimate of drug-likeness (QED) is 0.268. The van der Waals surface area contributed by atoms with Crippen molar-refractivity contribution in [1.82, 2.24) is 4.98 Å². The average Bonchev–Trinajstić information content (AvgIpc) is 3.48. The number of aliphatic hydroxyl groups is 1. The van der Waals surface area contributed by atoms with Gasteiger partial charge in [0.2, 0.25) is 0 Å². The zero-order valence-electron chi connectivity index (χ0n) is 17.6. The Morgan fingerprint density at radius 1 is 1.22 bits per heavy atom. The van der Waals surface area contributed by atoms with Crippen LogP contribution in [0, 0.1) is 13.8 Å². The summed E-state index contributed by atoms with van der Waals surface area (Å²) in [6.07, 6.45) is 1.42. The SMILES string of the molecule is CCOC(=O)c1sc(N2C(=O)C(=O)/C(=C(/O)c3ccc(C)cc3)C2c2ccco2)nc1C. The monoisotopic (exact) mass is 452 g/mol. The predicted molar refractivity (Wildman–Crippen MR) is 117 cm³/mol. The lowest BCUT2D eigenvalue weighted by Crippen LogP contribution is -2.29. The zero-order valence-corrected chi connectivity index (χ0v) is 18.4. The molecule has 164 valence electrons. The van der Waals surface area contributed by atoms with Crippen molar-refractivity contribution in [1.29, 1.82) is 0 Å². The van der Waals surface area contributed by atoms with E-state index in [1.807, 2.05) is 6.92 Å². The third kappa shape index (κ3) is 3.60. The van der Waals surface area contributed by atoms with Crippen LogP contribution in [0.5, 0.6) is 0 Å². The first-order valence-electron chi connectivity index (χ1n) is 9.89. The largest absolute Gasteiger partial charge is 0.507 e. The third-order valence-electron chi connectivity index (χ3n) is 5.03. The van der Waals surface area contributed by atoms with E-state index in [-0.39, 0.29) is 33.7 Å². The summed E-state index contributed by atoms with van der Waals surface area (Å²) < 4.78 is 10.6. The normalized spacial score (nSPS) is 17.7. The van der Waals surface area contributed by atoms with Gasteiger partial charge in [-0.15, -0.1) is 0 Å². The number of aryl methyl sites for hydroxylation is 2. The predicted octanol–water partition coefficient (Wildman–Crippen LogP) is 4.16. The second-order valence-electron chi connectivity index (χ2n) is 7.18. The number of Topliss-reactive ketones (excluding diaryl/α,β-unsaturated/α-hetero) is 1. The molecule has 0 aliphatic carbocycles. The number of ether oxygens (including phenoxy) is 1. The van der Waals surface area contributed by atoms with Crippen LogP contribution in [-0.2, 0) is 14.3 Å². The van der Waals surface area contributed by atoms with E-state index in [0.717, 1.165) is 21.8 Å². The molecule has 4 rings (SSSR count). The maximum Gasteiger partial charge on any atom is 0.350 e. The Balaban J connectivity index is 1.87. The van der Waals surface area contributed by atoms with Gasteiger partial charge in [-0.25, -0.2) is 9.78 Å². The zero-order chi connectivity index (χ0) is 23.0. The van der Waals surface area contributed by atoms with Gasteiger partial charge in [0.25, 0.3) is 5.78 Å². The Bertz CT molecular complexity index is 1220. The summed E-state index contributed by atoms with van der Waals surface area (Å²) in [5.41, 5.74) is 1.64. The van der Waals surface area contributed by atoms with E-state index in [4.69, 9.17) is 9.15 Å². The number of anilines is 1. The number of carbonyl (C=O) groups excluding carboxylic acids is 3. The van der Waals surface area contributed by atoms with Gasteiger partial charge in [-0.1, -0.05) is 41.2 Å². The topological polar surface area (TPSA) is 110 Å². The van der Waals surface area contributed by atoms with Crippen molar-refractivity contribution in [3.8, 4) is 0 Å². The molecule has 1 amide bonds. The molecule has 1 saturated heterocycles. The lowest BCUT2D eigenvalue weighted by molar-refractivity contribution is -0.132. The summed E-state index contributed by atoms with van der Waals surface area (Å²) in [4.78, 5) is 44.1. The Morgan fingerprint density at radius 3 is 2.56 bits per heavy atom. The van der Waals surface area contributed by atoms with Crippen molar-refractivity contribution in [2.75, 3.05) is 11.5 Å². The molecule has 32 heavy (non-hydrogen) atoms. The fraction of sp³-hybridized carbons (Fsp3) is 0.217. The van der Waals surface area contributed by atoms with E-state index >= 15 is 0 Å². The standard InChI is InChI=1S/C23H20N2O6S/c1-4-30-22(29)20-13(3)24-23(32-20)25-17(15-6-5-11-31-15)16(19(27)21(25)28)18(26)14-9-7-12(2)8-10-14/h5-11,17,26H,4H2,1-3H3/b18-16+. The van der Waals surface area contributed by atoms with Crippen LogP contribution in [-0.4, -0.2) is 34.4 Å². The van der Waals surface area contributed by atoms with Gasteiger partial charge in [0.1, 0.15) is 22.4 Å². The van der Waals surface area contributed by atoms with Gasteiger partial charge in [-0.2, -0.15) is 0 Å². The molecule has 3 heterocycles. The summed E-state index contributed by atoms with van der Waals surface area (Å²) in [5.74, 6) is -2.33. The van der Waals surface area contributed by atoms with Crippen LogP contribution in [0.2, 0.25) is 0 Å². The highest BCUT2D eigenvalue weighted by molar-refractivity contribution is 7.17. The highest BCUT2D eigenvalue weighted by atomic mass is 32.1. The summed E-state index contributed by atoms with van der Waals surface area (Å²) in [5, 5.41) is 11.1. The molecule has 1 aliphatic rings. The van der Waals surface area contributed by atoms with Crippen molar-refractivity contribution in [2.45, 2.75) is 26.8 Å². The fourth-order valence-electron chi connectivity index (χ4n) is 3.48. The van der Waals surface area contributed by atoms with Gasteiger partial charge in [-0.05, 0) is 32.9 Å². The van der Waals surface area contributed by atoms with Gasteiger partial charge < -0.3 is 14.3 Å². The number of esters is 1. The minimum atomic E-state index is -1.04. The van der Waals surface area contributed by atoms with Crippen molar-refractivity contribution >= 4 is 39.9 Å². The van der Waals surface area contributed by atoms with Crippen LogP contribution < -0.4 is 4.90 Å². The average molecular weight is 452 g/mol. The summed E-state index contributed by atoms with van der Waals surface area (Å²) in [6, 6.07) is 9.13. The number of hydrogen-bond donors (Lipinski definition) is 1. The van der Waals surface area contributed by atoms with Crippen LogP contribution >= 0.6 is 11.3 Å². The van der Waals surface area contributed by atoms with Gasteiger partial charge in [0.05, 0.1) is 24.1 Å². The lowest BCUT2D eigenvalue weighted by Gasteiger charge is -2.20. The molecule has 2 aromatic heterocycles. The van der Waals surface area contributed by atoms with E-state index in [1.165, 1.54) is 6.26 Å². The minimum Gasteiger partial charge on any atom is -0.507 e. The summed E-state index contributed by atoms with van der Waals surface area (Å²) in [7, 11) is 0. The first kappa shape index (κ1) is 21.5. The highest BCUT2D eigenvalue weighted by Gasteiger charge is 2.49. The van der Waals surface area contributed by atoms with Crippen LogP contribution in [0.15, 0.2) is 52.7 Å². The van der Waals surface area contributed by atoms with Crippen LogP contribution in [0.25, 0.3) is 5.76 Å². The number of ketones is 1. The van der Waals surface area contributed by atoms with Gasteiger partial charge in [0, 0.05) is 5.56 Å². The molecule has 3 aromatic rings. The molecule has 1 unspecified atom stereocenters. The van der Waals surface area contributed by atoms with Gasteiger partial charge in [0.15, 0.2) is 5.13 Å². The molecule has 0 saturated carbocycles. The number of amides is 1. The number of hydrogen-bond acceptors (Lipinski definition) is 8. The summed E-state index contributed by atoms with van der Waals surface area (Å²) in [6.45, 7) is 5.41. The highest BCUT2D eigenvalue weighted by Crippen LogP contribution is 2.44. The van der Waals surface area contributed by atoms with Crippen LogP contribution in [0.3, 0.4) is 0 Å². The molecule has 0 spiro atoms. The number of rotatable bonds is 5. The second-order valence-corrected chi connectivity index (χ2v) is 8.16. The molecule has 1 fully saturated rings. The summed E-state index contributed by atoms with van der Waals surface area (Å²) >= 11 is 0.944. The van der Waals surface area contributed by atoms with E-state index in [9.17, 15) is 19.5 Å². The molecule has 1 aliphatic heterocycles. The Labute approximate surface area is 187 Å². The first-order valence-corrected chi connectivity index (χ1v) is 10.7. The van der Waals surface area contributed by atoms with Gasteiger partial charge >= 0.3 is 11.9 Å². The van der Waals surface area contributed by atoms with E-state index < -0.39 is 23.7 Å². The number of carbonyl (C=O) groups is 3. The van der Waals surface area contributed by atoms with E-state index in [2.05, 4.69) is 4.98 Å². The lowest BCUT2D eigenvalue weighted by atomic mass is 9.99. The minimum absolute atomic E-state index is 0.112. The van der Waals surface area contributed by atoms with Gasteiger partial charge in [-0.3, -0.25) is 14.5 Å². The molecule has 0 bridgehead atoms. The maximum absolute atomic E-state index is 13.1.